The molecule has 0 aromatic heterocycles. The van der Waals surface area contributed by atoms with Crippen molar-refractivity contribution in [3.63, 3.8) is 0 Å². The molecule has 7 atom stereocenters. The van der Waals surface area contributed by atoms with Crippen LogP contribution in [0.4, 0.5) is 0 Å². The molecule has 3 heteroatoms. The van der Waals surface area contributed by atoms with Crippen molar-refractivity contribution in [2.45, 2.75) is 78.7 Å². The molecule has 3 saturated carbocycles. The second-order valence-corrected chi connectivity index (χ2v) is 9.69. The quantitative estimate of drug-likeness (QED) is 0.512. The minimum atomic E-state index is -0.158. The van der Waals surface area contributed by atoms with Gasteiger partial charge in [-0.05, 0) is 61.7 Å². The Bertz CT molecular complexity index is 635. The van der Waals surface area contributed by atoms with Crippen LogP contribution in [-0.4, -0.2) is 17.9 Å². The highest BCUT2D eigenvalue weighted by atomic mass is 16.5. The van der Waals surface area contributed by atoms with E-state index in [1.165, 1.54) is 18.9 Å². The first-order valence-electron chi connectivity index (χ1n) is 10.2. The number of rotatable bonds is 1. The minimum absolute atomic E-state index is 0.0651. The predicted molar refractivity (Wildman–Crippen MR) is 96.8 cm³/mol. The van der Waals surface area contributed by atoms with Crippen molar-refractivity contribution >= 4 is 11.8 Å². The summed E-state index contributed by atoms with van der Waals surface area (Å²) in [5.74, 6) is 2.53. The van der Waals surface area contributed by atoms with Gasteiger partial charge in [0.1, 0.15) is 11.9 Å². The van der Waals surface area contributed by atoms with Crippen molar-refractivity contribution in [3.05, 3.63) is 11.6 Å². The summed E-state index contributed by atoms with van der Waals surface area (Å²) in [7, 11) is 0. The van der Waals surface area contributed by atoms with Gasteiger partial charge in [-0.2, -0.15) is 0 Å². The summed E-state index contributed by atoms with van der Waals surface area (Å²) in [6.07, 6.45) is 9.98. The summed E-state index contributed by atoms with van der Waals surface area (Å²) in [5.41, 5.74) is 1.69. The lowest BCUT2D eigenvalue weighted by Crippen LogP contribution is -2.50. The number of esters is 1. The number of hydrogen-bond donors (Lipinski definition) is 0. The maximum atomic E-state index is 12.8. The summed E-state index contributed by atoms with van der Waals surface area (Å²) < 4.78 is 5.51. The van der Waals surface area contributed by atoms with Crippen molar-refractivity contribution in [3.8, 4) is 0 Å². The first kappa shape index (κ1) is 17.3. The number of fused-ring (bicyclic) bond motifs is 5. The average Bonchev–Trinajstić information content (AvgIpc) is 2.78. The Balaban J connectivity index is 1.61. The third kappa shape index (κ3) is 2.44. The van der Waals surface area contributed by atoms with Crippen LogP contribution in [0.2, 0.25) is 0 Å². The Morgan fingerprint density at radius 3 is 2.60 bits per heavy atom. The Morgan fingerprint density at radius 2 is 1.88 bits per heavy atom. The van der Waals surface area contributed by atoms with Crippen molar-refractivity contribution in [1.82, 2.24) is 0 Å². The molecule has 0 radical (unpaired) electrons. The first-order valence-corrected chi connectivity index (χ1v) is 10.2. The highest BCUT2D eigenvalue weighted by Crippen LogP contribution is 2.64. The van der Waals surface area contributed by atoms with Crippen LogP contribution in [0, 0.1) is 34.5 Å². The molecule has 0 heterocycles. The minimum Gasteiger partial charge on any atom is -0.462 e. The predicted octanol–water partition coefficient (Wildman–Crippen LogP) is 4.70. The van der Waals surface area contributed by atoms with Gasteiger partial charge in [-0.15, -0.1) is 0 Å². The second-order valence-electron chi connectivity index (χ2n) is 9.69. The lowest BCUT2D eigenvalue weighted by molar-refractivity contribution is -0.148. The van der Waals surface area contributed by atoms with E-state index < -0.39 is 0 Å². The fourth-order valence-corrected chi connectivity index (χ4v) is 7.07. The Kier molecular flexibility index (Phi) is 3.94. The summed E-state index contributed by atoms with van der Waals surface area (Å²) in [4.78, 5) is 24.1. The molecule has 3 fully saturated rings. The van der Waals surface area contributed by atoms with Crippen LogP contribution in [0.5, 0.6) is 0 Å². The maximum Gasteiger partial charge on any atom is 0.302 e. The van der Waals surface area contributed by atoms with E-state index in [2.05, 4.69) is 26.8 Å². The van der Waals surface area contributed by atoms with Gasteiger partial charge in [-0.25, -0.2) is 0 Å². The third-order valence-corrected chi connectivity index (χ3v) is 8.40. The first-order chi connectivity index (χ1) is 11.8. The number of carbonyl (C=O) groups excluding carboxylic acids is 2. The van der Waals surface area contributed by atoms with Crippen molar-refractivity contribution in [1.29, 1.82) is 0 Å². The summed E-state index contributed by atoms with van der Waals surface area (Å²) in [5, 5.41) is 0. The van der Waals surface area contributed by atoms with E-state index in [1.807, 2.05) is 0 Å². The Hall–Kier alpha value is -1.12. The second kappa shape index (κ2) is 5.69. The molecular weight excluding hydrogens is 312 g/mol. The van der Waals surface area contributed by atoms with Gasteiger partial charge in [0.15, 0.2) is 0 Å². The van der Waals surface area contributed by atoms with E-state index >= 15 is 0 Å². The maximum absolute atomic E-state index is 12.8. The van der Waals surface area contributed by atoms with Crippen LogP contribution in [0.15, 0.2) is 11.6 Å². The van der Waals surface area contributed by atoms with Crippen LogP contribution in [0.25, 0.3) is 0 Å². The molecule has 0 saturated heterocycles. The van der Waals surface area contributed by atoms with Gasteiger partial charge in [0.25, 0.3) is 0 Å². The SMILES string of the molecule is CC(=O)O[C@@H]1CC[C@@]2(C)C(=CC[C@@H]3[C@H]2CC[C@]2(C)C(=O)[C@H](C)C[C@H]32)C1. The van der Waals surface area contributed by atoms with Crippen LogP contribution in [0.3, 0.4) is 0 Å². The number of allylic oxidation sites excluding steroid dienone is 1. The summed E-state index contributed by atoms with van der Waals surface area (Å²) in [6, 6.07) is 0. The third-order valence-electron chi connectivity index (χ3n) is 8.40. The molecular formula is C22H32O3. The van der Waals surface area contributed by atoms with E-state index in [0.717, 1.165) is 38.5 Å². The zero-order valence-corrected chi connectivity index (χ0v) is 16.1. The van der Waals surface area contributed by atoms with E-state index in [9.17, 15) is 9.59 Å². The monoisotopic (exact) mass is 344 g/mol. The molecule has 0 aromatic carbocycles. The number of hydrogen-bond acceptors (Lipinski definition) is 3. The molecule has 3 nitrogen and oxygen atoms in total. The molecule has 4 aliphatic carbocycles. The van der Waals surface area contributed by atoms with Gasteiger partial charge in [0.05, 0.1) is 0 Å². The van der Waals surface area contributed by atoms with Gasteiger partial charge >= 0.3 is 5.97 Å². The van der Waals surface area contributed by atoms with Gasteiger partial charge < -0.3 is 4.74 Å². The largest absolute Gasteiger partial charge is 0.462 e. The highest BCUT2D eigenvalue weighted by molar-refractivity contribution is 5.89. The lowest BCUT2D eigenvalue weighted by Gasteiger charge is -2.56. The number of ketones is 1. The van der Waals surface area contributed by atoms with Crippen LogP contribution in [-0.2, 0) is 14.3 Å². The van der Waals surface area contributed by atoms with Crippen LogP contribution >= 0.6 is 0 Å². The smallest absolute Gasteiger partial charge is 0.302 e. The standard InChI is InChI=1S/C22H32O3/c1-13-11-19-17-6-5-15-12-16(25-14(2)23)7-9-21(15,3)18(17)8-10-22(19,4)20(13)24/h5,13,16-19H,6-12H2,1-4H3/t13-,16-,17-,18-,19-,21+,22+/m1/s1. The molecule has 138 valence electrons. The van der Waals surface area contributed by atoms with E-state index in [4.69, 9.17) is 4.74 Å². The van der Waals surface area contributed by atoms with E-state index in [0.29, 0.717) is 23.5 Å². The van der Waals surface area contributed by atoms with Crippen LogP contribution < -0.4 is 0 Å². The zero-order valence-electron chi connectivity index (χ0n) is 16.1. The Morgan fingerprint density at radius 1 is 1.16 bits per heavy atom. The molecule has 4 rings (SSSR count). The van der Waals surface area contributed by atoms with E-state index in [-0.39, 0.29) is 28.8 Å². The summed E-state index contributed by atoms with van der Waals surface area (Å²) in [6.45, 7) is 8.34. The van der Waals surface area contributed by atoms with Gasteiger partial charge in [-0.1, -0.05) is 32.4 Å². The normalized spacial score (nSPS) is 48.9. The number of ether oxygens (including phenoxy) is 1. The molecule has 4 aliphatic rings. The Labute approximate surface area is 151 Å². The van der Waals surface area contributed by atoms with E-state index in [1.54, 1.807) is 0 Å². The lowest BCUT2D eigenvalue weighted by atomic mass is 9.48. The van der Waals surface area contributed by atoms with Crippen LogP contribution in [0.1, 0.15) is 72.6 Å². The molecule has 0 bridgehead atoms. The van der Waals surface area contributed by atoms with Gasteiger partial charge in [0, 0.05) is 24.7 Å². The molecule has 0 amide bonds. The van der Waals surface area contributed by atoms with Crippen molar-refractivity contribution in [2.75, 3.05) is 0 Å². The van der Waals surface area contributed by atoms with Gasteiger partial charge in [-0.3, -0.25) is 9.59 Å². The molecule has 0 unspecified atom stereocenters. The average molecular weight is 344 g/mol. The fourth-order valence-electron chi connectivity index (χ4n) is 7.07. The molecule has 25 heavy (non-hydrogen) atoms. The number of carbonyl (C=O) groups is 2. The molecule has 0 aromatic rings. The van der Waals surface area contributed by atoms with Gasteiger partial charge in [0.2, 0.25) is 0 Å². The van der Waals surface area contributed by atoms with Crippen molar-refractivity contribution < 1.29 is 14.3 Å². The molecule has 0 spiro atoms. The summed E-state index contributed by atoms with van der Waals surface area (Å²) >= 11 is 0. The topological polar surface area (TPSA) is 43.4 Å². The van der Waals surface area contributed by atoms with Crippen molar-refractivity contribution in [2.24, 2.45) is 34.5 Å². The highest BCUT2D eigenvalue weighted by Gasteiger charge is 2.60. The number of Topliss-reactive ketones (excluding diaryl/α,β-unsaturated/α-hetero) is 1. The fraction of sp³-hybridized carbons (Fsp3) is 0.818. The zero-order chi connectivity index (χ0) is 18.0. The molecule has 0 aliphatic heterocycles. The molecule has 0 N–H and O–H groups in total.